The van der Waals surface area contributed by atoms with E-state index >= 15 is 0 Å². The smallest absolute Gasteiger partial charge is 0.287 e. The van der Waals surface area contributed by atoms with E-state index in [0.29, 0.717) is 25.5 Å². The standard InChI is InChI=1S/C16H20N2O3.ClH/c17-9-4-5-10-18-16(19)15-13(8-11-20-15)12-21-14-6-2-1-3-7-14;/h1-3,6-8,11H,4-5,9-10,12,17H2,(H,18,19);1H. The van der Waals surface area contributed by atoms with Crippen LogP contribution in [0.5, 0.6) is 5.75 Å². The second-order valence-corrected chi connectivity index (χ2v) is 4.63. The molecule has 1 heterocycles. The Hall–Kier alpha value is -1.98. The maximum Gasteiger partial charge on any atom is 0.287 e. The number of para-hydroxylation sites is 1. The molecule has 1 aromatic carbocycles. The van der Waals surface area contributed by atoms with Gasteiger partial charge in [-0.05, 0) is 37.6 Å². The van der Waals surface area contributed by atoms with E-state index in [0.717, 1.165) is 24.2 Å². The van der Waals surface area contributed by atoms with Crippen molar-refractivity contribution >= 4 is 18.3 Å². The van der Waals surface area contributed by atoms with Crippen LogP contribution in [0.4, 0.5) is 0 Å². The number of hydrogen-bond donors (Lipinski definition) is 2. The number of amides is 1. The van der Waals surface area contributed by atoms with Gasteiger partial charge in [-0.15, -0.1) is 12.4 Å². The van der Waals surface area contributed by atoms with Crippen molar-refractivity contribution in [3.05, 3.63) is 54.0 Å². The lowest BCUT2D eigenvalue weighted by atomic mass is 10.2. The summed E-state index contributed by atoms with van der Waals surface area (Å²) in [5, 5.41) is 2.81. The lowest BCUT2D eigenvalue weighted by Gasteiger charge is -2.07. The van der Waals surface area contributed by atoms with Gasteiger partial charge in [0.1, 0.15) is 12.4 Å². The fourth-order valence-electron chi connectivity index (χ4n) is 1.88. The molecule has 0 aliphatic rings. The van der Waals surface area contributed by atoms with Gasteiger partial charge in [0.05, 0.1) is 6.26 Å². The molecule has 0 aliphatic carbocycles. The molecule has 120 valence electrons. The van der Waals surface area contributed by atoms with E-state index in [1.54, 1.807) is 6.07 Å². The minimum Gasteiger partial charge on any atom is -0.489 e. The van der Waals surface area contributed by atoms with Crippen molar-refractivity contribution in [2.75, 3.05) is 13.1 Å². The minimum absolute atomic E-state index is 0. The first-order valence-electron chi connectivity index (χ1n) is 7.03. The van der Waals surface area contributed by atoms with E-state index in [2.05, 4.69) is 5.32 Å². The Labute approximate surface area is 136 Å². The van der Waals surface area contributed by atoms with Crippen LogP contribution in [0.1, 0.15) is 29.0 Å². The topological polar surface area (TPSA) is 77.5 Å². The molecule has 0 atom stereocenters. The number of nitrogens with one attached hydrogen (secondary N) is 1. The maximum atomic E-state index is 12.0. The molecular formula is C16H21ClN2O3. The molecule has 0 fully saturated rings. The molecule has 22 heavy (non-hydrogen) atoms. The normalized spacial score (nSPS) is 9.86. The Kier molecular flexibility index (Phi) is 8.10. The van der Waals surface area contributed by atoms with Gasteiger partial charge in [-0.25, -0.2) is 0 Å². The highest BCUT2D eigenvalue weighted by molar-refractivity contribution is 5.92. The summed E-state index contributed by atoms with van der Waals surface area (Å²) in [6, 6.07) is 11.2. The molecule has 3 N–H and O–H groups in total. The molecule has 0 unspecified atom stereocenters. The Balaban J connectivity index is 0.00000242. The third-order valence-corrected chi connectivity index (χ3v) is 3.01. The Morgan fingerprint density at radius 2 is 1.95 bits per heavy atom. The molecule has 0 aliphatic heterocycles. The monoisotopic (exact) mass is 324 g/mol. The first-order chi connectivity index (χ1) is 10.3. The van der Waals surface area contributed by atoms with Gasteiger partial charge in [0, 0.05) is 12.1 Å². The fraction of sp³-hybridized carbons (Fsp3) is 0.312. The van der Waals surface area contributed by atoms with Gasteiger partial charge in [0.15, 0.2) is 5.76 Å². The van der Waals surface area contributed by atoms with Crippen molar-refractivity contribution in [2.45, 2.75) is 19.4 Å². The predicted octanol–water partition coefficient (Wildman–Crippen LogP) is 2.75. The van der Waals surface area contributed by atoms with Gasteiger partial charge < -0.3 is 20.2 Å². The van der Waals surface area contributed by atoms with E-state index in [1.807, 2.05) is 30.3 Å². The zero-order valence-electron chi connectivity index (χ0n) is 12.3. The van der Waals surface area contributed by atoms with Crippen LogP contribution < -0.4 is 15.8 Å². The summed E-state index contributed by atoms with van der Waals surface area (Å²) in [5.74, 6) is 0.843. The third-order valence-electron chi connectivity index (χ3n) is 3.01. The molecule has 0 saturated carbocycles. The molecule has 0 saturated heterocycles. The van der Waals surface area contributed by atoms with Gasteiger partial charge in [0.25, 0.3) is 5.91 Å². The largest absolute Gasteiger partial charge is 0.489 e. The second-order valence-electron chi connectivity index (χ2n) is 4.63. The van der Waals surface area contributed by atoms with E-state index in [1.165, 1.54) is 6.26 Å². The SMILES string of the molecule is Cl.NCCCCNC(=O)c1occc1COc1ccccc1. The molecule has 5 nitrogen and oxygen atoms in total. The Morgan fingerprint density at radius 3 is 2.68 bits per heavy atom. The third kappa shape index (κ3) is 5.42. The van der Waals surface area contributed by atoms with Crippen LogP contribution in [0.2, 0.25) is 0 Å². The summed E-state index contributed by atoms with van der Waals surface area (Å²) in [4.78, 5) is 12.0. The number of carbonyl (C=O) groups excluding carboxylic acids is 1. The summed E-state index contributed by atoms with van der Waals surface area (Å²) < 4.78 is 10.9. The highest BCUT2D eigenvalue weighted by Gasteiger charge is 2.15. The average molecular weight is 325 g/mol. The summed E-state index contributed by atoms with van der Waals surface area (Å²) in [6.45, 7) is 1.52. The van der Waals surface area contributed by atoms with Gasteiger partial charge in [-0.1, -0.05) is 18.2 Å². The molecule has 2 rings (SSSR count). The van der Waals surface area contributed by atoms with Crippen LogP contribution in [-0.2, 0) is 6.61 Å². The Morgan fingerprint density at radius 1 is 1.18 bits per heavy atom. The number of benzene rings is 1. The summed E-state index contributed by atoms with van der Waals surface area (Å²) in [6.07, 6.45) is 3.25. The Bertz CT molecular complexity index is 558. The van der Waals surface area contributed by atoms with Gasteiger partial charge >= 0.3 is 0 Å². The number of carbonyl (C=O) groups is 1. The van der Waals surface area contributed by atoms with Crippen molar-refractivity contribution < 1.29 is 13.9 Å². The number of ether oxygens (including phenoxy) is 1. The highest BCUT2D eigenvalue weighted by atomic mass is 35.5. The molecule has 2 aromatic rings. The minimum atomic E-state index is -0.219. The molecule has 0 radical (unpaired) electrons. The number of unbranched alkanes of at least 4 members (excludes halogenated alkanes) is 1. The molecular weight excluding hydrogens is 304 g/mol. The van der Waals surface area contributed by atoms with Crippen molar-refractivity contribution in [3.63, 3.8) is 0 Å². The van der Waals surface area contributed by atoms with Gasteiger partial charge in [-0.3, -0.25) is 4.79 Å². The number of halogens is 1. The quantitative estimate of drug-likeness (QED) is 0.732. The van der Waals surface area contributed by atoms with E-state index in [4.69, 9.17) is 14.9 Å². The van der Waals surface area contributed by atoms with E-state index < -0.39 is 0 Å². The second kappa shape index (κ2) is 9.87. The highest BCUT2D eigenvalue weighted by Crippen LogP contribution is 2.15. The molecule has 1 aromatic heterocycles. The van der Waals surface area contributed by atoms with Crippen LogP contribution in [0, 0.1) is 0 Å². The summed E-state index contributed by atoms with van der Waals surface area (Å²) in [5.41, 5.74) is 6.14. The lowest BCUT2D eigenvalue weighted by Crippen LogP contribution is -2.25. The molecule has 0 spiro atoms. The lowest BCUT2D eigenvalue weighted by molar-refractivity contribution is 0.0922. The van der Waals surface area contributed by atoms with Crippen molar-refractivity contribution in [2.24, 2.45) is 5.73 Å². The van der Waals surface area contributed by atoms with Crippen LogP contribution in [0.3, 0.4) is 0 Å². The van der Waals surface area contributed by atoms with Crippen LogP contribution >= 0.6 is 12.4 Å². The molecule has 0 bridgehead atoms. The number of hydrogen-bond acceptors (Lipinski definition) is 4. The van der Waals surface area contributed by atoms with Gasteiger partial charge in [0.2, 0.25) is 0 Å². The number of furan rings is 1. The molecule has 6 heteroatoms. The number of rotatable bonds is 8. The van der Waals surface area contributed by atoms with Crippen molar-refractivity contribution in [3.8, 4) is 5.75 Å². The zero-order chi connectivity index (χ0) is 14.9. The van der Waals surface area contributed by atoms with Gasteiger partial charge in [-0.2, -0.15) is 0 Å². The summed E-state index contributed by atoms with van der Waals surface area (Å²) >= 11 is 0. The number of nitrogens with two attached hydrogens (primary N) is 1. The molecule has 1 amide bonds. The first kappa shape index (κ1) is 18.1. The fourth-order valence-corrected chi connectivity index (χ4v) is 1.88. The van der Waals surface area contributed by atoms with Crippen LogP contribution in [0.25, 0.3) is 0 Å². The van der Waals surface area contributed by atoms with Crippen molar-refractivity contribution in [1.29, 1.82) is 0 Å². The maximum absolute atomic E-state index is 12.0. The van der Waals surface area contributed by atoms with Crippen LogP contribution in [0.15, 0.2) is 47.1 Å². The zero-order valence-corrected chi connectivity index (χ0v) is 13.1. The average Bonchev–Trinajstić information content (AvgIpc) is 2.99. The van der Waals surface area contributed by atoms with E-state index in [-0.39, 0.29) is 18.3 Å². The first-order valence-corrected chi connectivity index (χ1v) is 7.03. The summed E-state index contributed by atoms with van der Waals surface area (Å²) in [7, 11) is 0. The van der Waals surface area contributed by atoms with E-state index in [9.17, 15) is 4.79 Å². The predicted molar refractivity (Wildman–Crippen MR) is 87.4 cm³/mol. The van der Waals surface area contributed by atoms with Crippen LogP contribution in [-0.4, -0.2) is 19.0 Å². The van der Waals surface area contributed by atoms with Crippen molar-refractivity contribution in [1.82, 2.24) is 5.32 Å².